The van der Waals surface area contributed by atoms with Gasteiger partial charge < -0.3 is 25.2 Å². The van der Waals surface area contributed by atoms with Gasteiger partial charge in [0.1, 0.15) is 24.4 Å². The van der Waals surface area contributed by atoms with Crippen molar-refractivity contribution in [2.75, 3.05) is 6.61 Å². The number of hydrogen-bond donors (Lipinski definition) is 4. The van der Waals surface area contributed by atoms with E-state index in [-0.39, 0.29) is 0 Å². The van der Waals surface area contributed by atoms with Crippen LogP contribution in [0.15, 0.2) is 5.11 Å². The molecule has 8 heteroatoms. The lowest BCUT2D eigenvalue weighted by Gasteiger charge is -2.18. The average molecular weight is 205 g/mol. The molecule has 0 aromatic carbocycles. The van der Waals surface area contributed by atoms with E-state index in [2.05, 4.69) is 10.0 Å². The smallest absolute Gasteiger partial charge is 0.165 e. The van der Waals surface area contributed by atoms with E-state index in [1.165, 1.54) is 0 Å². The fourth-order valence-electron chi connectivity index (χ4n) is 1.25. The van der Waals surface area contributed by atoms with E-state index in [0.29, 0.717) is 0 Å². The van der Waals surface area contributed by atoms with E-state index in [4.69, 9.17) is 20.5 Å². The summed E-state index contributed by atoms with van der Waals surface area (Å²) in [4.78, 5) is 2.41. The van der Waals surface area contributed by atoms with Crippen LogP contribution in [0.5, 0.6) is 0 Å². The summed E-state index contributed by atoms with van der Waals surface area (Å²) >= 11 is 0. The van der Waals surface area contributed by atoms with Gasteiger partial charge in [-0.15, -0.1) is 0 Å². The molecule has 1 aliphatic rings. The van der Waals surface area contributed by atoms with E-state index in [9.17, 15) is 10.2 Å². The molecule has 0 saturated carbocycles. The van der Waals surface area contributed by atoms with Crippen molar-refractivity contribution in [3.05, 3.63) is 10.4 Å². The molecule has 1 aliphatic heterocycles. The minimum atomic E-state index is -1.39. The standard InChI is InChI=1S/C6H11N3O5/c7-9-8-6-4(13)3(12)5(14-6)2(11)1-10/h2-6,10-13H,1H2/t2-,3+,4-,5-,6?/m1/s1. The molecule has 0 aliphatic carbocycles. The molecule has 0 radical (unpaired) electrons. The molecule has 0 bridgehead atoms. The summed E-state index contributed by atoms with van der Waals surface area (Å²) in [5, 5.41) is 39.4. The van der Waals surface area contributed by atoms with E-state index in [1.807, 2.05) is 0 Å². The Bertz CT molecular complexity index is 244. The summed E-state index contributed by atoms with van der Waals surface area (Å²) in [6.45, 7) is -0.614. The van der Waals surface area contributed by atoms with Gasteiger partial charge in [-0.3, -0.25) is 0 Å². The van der Waals surface area contributed by atoms with Gasteiger partial charge in [0.15, 0.2) is 6.23 Å². The molecule has 1 fully saturated rings. The summed E-state index contributed by atoms with van der Waals surface area (Å²) in [6.07, 6.45) is -6.48. The van der Waals surface area contributed by atoms with Gasteiger partial charge in [0.2, 0.25) is 0 Å². The second kappa shape index (κ2) is 4.56. The topological polar surface area (TPSA) is 139 Å². The molecule has 0 spiro atoms. The van der Waals surface area contributed by atoms with E-state index < -0.39 is 37.3 Å². The van der Waals surface area contributed by atoms with E-state index in [1.54, 1.807) is 0 Å². The summed E-state index contributed by atoms with van der Waals surface area (Å²) in [5.41, 5.74) is 8.09. The Hall–Kier alpha value is -0.890. The highest BCUT2D eigenvalue weighted by Crippen LogP contribution is 2.24. The van der Waals surface area contributed by atoms with Gasteiger partial charge in [-0.2, -0.15) is 0 Å². The zero-order valence-corrected chi connectivity index (χ0v) is 7.13. The second-order valence-corrected chi connectivity index (χ2v) is 2.93. The van der Waals surface area contributed by atoms with Crippen LogP contribution in [0.1, 0.15) is 0 Å². The minimum absolute atomic E-state index is 0.614. The molecule has 0 aromatic heterocycles. The van der Waals surface area contributed by atoms with E-state index in [0.717, 1.165) is 0 Å². The van der Waals surface area contributed by atoms with Gasteiger partial charge in [-0.25, -0.2) is 0 Å². The molecule has 8 nitrogen and oxygen atoms in total. The Morgan fingerprint density at radius 1 is 1.43 bits per heavy atom. The molecule has 1 rings (SSSR count). The molecular weight excluding hydrogens is 194 g/mol. The molecule has 80 valence electrons. The molecular formula is C6H11N3O5. The number of hydrogen-bond acceptors (Lipinski definition) is 6. The molecule has 0 amide bonds. The maximum absolute atomic E-state index is 9.33. The lowest BCUT2D eigenvalue weighted by Crippen LogP contribution is -2.40. The summed E-state index contributed by atoms with van der Waals surface area (Å²) in [5.74, 6) is 0. The number of ether oxygens (including phenoxy) is 1. The predicted octanol–water partition coefficient (Wildman–Crippen LogP) is -1.90. The highest BCUT2D eigenvalue weighted by Gasteiger charge is 2.45. The first-order chi connectivity index (χ1) is 6.61. The van der Waals surface area contributed by atoms with Crippen molar-refractivity contribution < 1.29 is 25.2 Å². The quantitative estimate of drug-likeness (QED) is 0.242. The van der Waals surface area contributed by atoms with Crippen LogP contribution in [0.2, 0.25) is 0 Å². The van der Waals surface area contributed by atoms with Crippen molar-refractivity contribution >= 4 is 0 Å². The fraction of sp³-hybridized carbons (Fsp3) is 1.00. The first kappa shape index (κ1) is 11.2. The third-order valence-electron chi connectivity index (χ3n) is 2.01. The molecule has 1 unspecified atom stereocenters. The summed E-state index contributed by atoms with van der Waals surface area (Å²) in [7, 11) is 0. The Labute approximate surface area is 79.0 Å². The highest BCUT2D eigenvalue weighted by molar-refractivity contribution is 4.92. The Morgan fingerprint density at radius 3 is 2.57 bits per heavy atom. The third kappa shape index (κ3) is 1.95. The second-order valence-electron chi connectivity index (χ2n) is 2.93. The number of azide groups is 1. The molecule has 5 atom stereocenters. The van der Waals surface area contributed by atoms with Crippen molar-refractivity contribution in [2.24, 2.45) is 5.11 Å². The Morgan fingerprint density at radius 2 is 2.07 bits per heavy atom. The number of rotatable bonds is 3. The molecule has 1 heterocycles. The van der Waals surface area contributed by atoms with Crippen molar-refractivity contribution in [3.8, 4) is 0 Å². The zero-order chi connectivity index (χ0) is 10.7. The predicted molar refractivity (Wildman–Crippen MR) is 42.9 cm³/mol. The summed E-state index contributed by atoms with van der Waals surface area (Å²) < 4.78 is 4.85. The van der Waals surface area contributed by atoms with Crippen molar-refractivity contribution in [2.45, 2.75) is 30.6 Å². The van der Waals surface area contributed by atoms with Gasteiger partial charge in [0.05, 0.1) is 6.61 Å². The van der Waals surface area contributed by atoms with E-state index >= 15 is 0 Å². The lowest BCUT2D eigenvalue weighted by molar-refractivity contribution is -0.0802. The highest BCUT2D eigenvalue weighted by atomic mass is 16.6. The van der Waals surface area contributed by atoms with Crippen molar-refractivity contribution in [1.82, 2.24) is 0 Å². The molecule has 0 aromatic rings. The first-order valence-electron chi connectivity index (χ1n) is 3.96. The lowest BCUT2D eigenvalue weighted by atomic mass is 10.1. The summed E-state index contributed by atoms with van der Waals surface area (Å²) in [6, 6.07) is 0. The van der Waals surface area contributed by atoms with Gasteiger partial charge in [-0.1, -0.05) is 5.11 Å². The molecule has 1 saturated heterocycles. The van der Waals surface area contributed by atoms with Gasteiger partial charge in [0.25, 0.3) is 0 Å². The molecule has 14 heavy (non-hydrogen) atoms. The number of aliphatic hydroxyl groups excluding tert-OH is 4. The SMILES string of the molecule is [N-]=[N+]=NC1O[C@H]([C@H](O)CO)[C@@H](O)[C@H]1O. The maximum Gasteiger partial charge on any atom is 0.165 e. The van der Waals surface area contributed by atoms with Crippen molar-refractivity contribution in [3.63, 3.8) is 0 Å². The van der Waals surface area contributed by atoms with Crippen LogP contribution in [0, 0.1) is 0 Å². The Kier molecular flexibility index (Phi) is 3.64. The third-order valence-corrected chi connectivity index (χ3v) is 2.01. The number of nitrogens with zero attached hydrogens (tertiary/aromatic N) is 3. The van der Waals surface area contributed by atoms with Crippen LogP contribution >= 0.6 is 0 Å². The van der Waals surface area contributed by atoms with Crippen LogP contribution in [0.4, 0.5) is 0 Å². The first-order valence-corrected chi connectivity index (χ1v) is 3.96. The fourth-order valence-corrected chi connectivity index (χ4v) is 1.25. The van der Waals surface area contributed by atoms with Crippen LogP contribution in [-0.4, -0.2) is 57.7 Å². The average Bonchev–Trinajstić information content (AvgIpc) is 2.46. The zero-order valence-electron chi connectivity index (χ0n) is 7.13. The van der Waals surface area contributed by atoms with Gasteiger partial charge >= 0.3 is 0 Å². The maximum atomic E-state index is 9.33. The van der Waals surface area contributed by atoms with Crippen LogP contribution in [-0.2, 0) is 4.74 Å². The van der Waals surface area contributed by atoms with Gasteiger partial charge in [-0.05, 0) is 5.53 Å². The van der Waals surface area contributed by atoms with Crippen LogP contribution in [0.3, 0.4) is 0 Å². The Balaban J connectivity index is 2.70. The monoisotopic (exact) mass is 205 g/mol. The molecule has 4 N–H and O–H groups in total. The minimum Gasteiger partial charge on any atom is -0.394 e. The van der Waals surface area contributed by atoms with Gasteiger partial charge in [0, 0.05) is 4.91 Å². The van der Waals surface area contributed by atoms with Crippen molar-refractivity contribution in [1.29, 1.82) is 0 Å². The van der Waals surface area contributed by atoms with Crippen LogP contribution < -0.4 is 0 Å². The largest absolute Gasteiger partial charge is 0.394 e. The number of aliphatic hydroxyl groups is 4. The van der Waals surface area contributed by atoms with Crippen LogP contribution in [0.25, 0.3) is 10.4 Å². The normalized spacial score (nSPS) is 39.1.